The molecule has 1 aliphatic heterocycles. The number of carbonyl (C=O) groups is 2. The third-order valence-electron chi connectivity index (χ3n) is 5.70. The van der Waals surface area contributed by atoms with Crippen LogP contribution in [0.2, 0.25) is 0 Å². The van der Waals surface area contributed by atoms with Crippen molar-refractivity contribution in [3.8, 4) is 17.2 Å². The zero-order chi connectivity index (χ0) is 23.1. The van der Waals surface area contributed by atoms with E-state index in [0.717, 1.165) is 5.56 Å². The largest absolute Gasteiger partial charge is 0.497 e. The summed E-state index contributed by atoms with van der Waals surface area (Å²) >= 11 is 0. The summed E-state index contributed by atoms with van der Waals surface area (Å²) in [5.74, 6) is 0.793. The van der Waals surface area contributed by atoms with Crippen LogP contribution >= 0.6 is 0 Å². The molecule has 3 rings (SSSR count). The minimum Gasteiger partial charge on any atom is -0.497 e. The zero-order valence-electron chi connectivity index (χ0n) is 18.9. The van der Waals surface area contributed by atoms with Crippen LogP contribution in [0.3, 0.4) is 0 Å². The molecule has 8 nitrogen and oxygen atoms in total. The summed E-state index contributed by atoms with van der Waals surface area (Å²) in [5.41, 5.74) is 1.35. The first-order valence-corrected chi connectivity index (χ1v) is 10.4. The Morgan fingerprint density at radius 3 is 2.47 bits per heavy atom. The molecule has 0 aromatic heterocycles. The number of para-hydroxylation sites is 1. The van der Waals surface area contributed by atoms with E-state index in [4.69, 9.17) is 18.9 Å². The van der Waals surface area contributed by atoms with Crippen LogP contribution in [0, 0.1) is 5.92 Å². The molecule has 0 aliphatic carbocycles. The smallest absolute Gasteiger partial charge is 0.254 e. The van der Waals surface area contributed by atoms with Crippen molar-refractivity contribution in [3.05, 3.63) is 53.6 Å². The number of carbonyl (C=O) groups excluding carboxylic acids is 2. The Balaban J connectivity index is 1.92. The van der Waals surface area contributed by atoms with Crippen LogP contribution in [0.4, 0.5) is 0 Å². The van der Waals surface area contributed by atoms with Crippen molar-refractivity contribution in [3.63, 3.8) is 0 Å². The molecule has 0 saturated carbocycles. The molecule has 32 heavy (non-hydrogen) atoms. The molecule has 1 saturated heterocycles. The topological polar surface area (TPSA) is 86.3 Å². The highest BCUT2D eigenvalue weighted by Gasteiger charge is 2.42. The standard InChI is InChI=1S/C24H30N2O6/c1-29-12-11-25-23(27)20-15-26(24(28)16-7-5-8-17(13-16)30-2)14-19(20)18-9-6-10-21(31-3)22(18)32-4/h5-10,13,19-20H,11-12,14-15H2,1-4H3,(H,25,27)/t19-,20-/m1/s1. The number of nitrogens with one attached hydrogen (secondary N) is 1. The lowest BCUT2D eigenvalue weighted by Gasteiger charge is -2.21. The first kappa shape index (κ1) is 23.4. The second-order valence-corrected chi connectivity index (χ2v) is 7.52. The van der Waals surface area contributed by atoms with Gasteiger partial charge >= 0.3 is 0 Å². The maximum atomic E-state index is 13.3. The second kappa shape index (κ2) is 10.9. The summed E-state index contributed by atoms with van der Waals surface area (Å²) < 4.78 is 21.4. The Morgan fingerprint density at radius 2 is 1.78 bits per heavy atom. The fourth-order valence-electron chi connectivity index (χ4n) is 4.10. The molecule has 2 atom stereocenters. The predicted octanol–water partition coefficient (Wildman–Crippen LogP) is 2.33. The lowest BCUT2D eigenvalue weighted by atomic mass is 9.87. The molecule has 0 spiro atoms. The van der Waals surface area contributed by atoms with Crippen LogP contribution < -0.4 is 19.5 Å². The van der Waals surface area contributed by atoms with Crippen LogP contribution in [0.1, 0.15) is 21.8 Å². The minimum atomic E-state index is -0.442. The lowest BCUT2D eigenvalue weighted by molar-refractivity contribution is -0.125. The van der Waals surface area contributed by atoms with Gasteiger partial charge in [0.1, 0.15) is 5.75 Å². The van der Waals surface area contributed by atoms with Crippen molar-refractivity contribution in [1.29, 1.82) is 0 Å². The molecule has 8 heteroatoms. The van der Waals surface area contributed by atoms with E-state index in [1.165, 1.54) is 0 Å². The van der Waals surface area contributed by atoms with Crippen molar-refractivity contribution in [1.82, 2.24) is 10.2 Å². The van der Waals surface area contributed by atoms with Gasteiger partial charge in [0, 0.05) is 43.8 Å². The quantitative estimate of drug-likeness (QED) is 0.600. The fraction of sp³-hybridized carbons (Fsp3) is 0.417. The zero-order valence-corrected chi connectivity index (χ0v) is 18.9. The highest BCUT2D eigenvalue weighted by atomic mass is 16.5. The number of benzene rings is 2. The molecular weight excluding hydrogens is 412 g/mol. The summed E-state index contributed by atoms with van der Waals surface area (Å²) in [4.78, 5) is 28.0. The van der Waals surface area contributed by atoms with E-state index < -0.39 is 5.92 Å². The van der Waals surface area contributed by atoms with Crippen molar-refractivity contribution in [2.75, 3.05) is 54.7 Å². The predicted molar refractivity (Wildman–Crippen MR) is 120 cm³/mol. The SMILES string of the molecule is COCCNC(=O)[C@@H]1CN(C(=O)c2cccc(OC)c2)C[C@@H]1c1cccc(OC)c1OC. The Bertz CT molecular complexity index is 948. The van der Waals surface area contributed by atoms with Crippen LogP contribution in [0.5, 0.6) is 17.2 Å². The Labute approximate surface area is 188 Å². The molecule has 0 unspecified atom stereocenters. The van der Waals surface area contributed by atoms with Crippen molar-refractivity contribution in [2.24, 2.45) is 5.92 Å². The Morgan fingerprint density at radius 1 is 1.00 bits per heavy atom. The third kappa shape index (κ3) is 4.96. The number of amides is 2. The maximum Gasteiger partial charge on any atom is 0.254 e. The van der Waals surface area contributed by atoms with Gasteiger partial charge in [-0.15, -0.1) is 0 Å². The van der Waals surface area contributed by atoms with Gasteiger partial charge in [-0.3, -0.25) is 9.59 Å². The number of hydrogen-bond acceptors (Lipinski definition) is 6. The van der Waals surface area contributed by atoms with Gasteiger partial charge in [-0.1, -0.05) is 18.2 Å². The number of likely N-dealkylation sites (tertiary alicyclic amines) is 1. The average molecular weight is 443 g/mol. The molecule has 0 radical (unpaired) electrons. The molecular formula is C24H30N2O6. The van der Waals surface area contributed by atoms with Crippen molar-refractivity contribution < 1.29 is 28.5 Å². The highest BCUT2D eigenvalue weighted by molar-refractivity contribution is 5.95. The van der Waals surface area contributed by atoms with Gasteiger partial charge in [0.15, 0.2) is 11.5 Å². The summed E-state index contributed by atoms with van der Waals surface area (Å²) in [5, 5.41) is 2.91. The number of nitrogens with zero attached hydrogens (tertiary/aromatic N) is 1. The summed E-state index contributed by atoms with van der Waals surface area (Å²) in [6, 6.07) is 12.6. The third-order valence-corrected chi connectivity index (χ3v) is 5.70. The molecule has 2 aromatic carbocycles. The van der Waals surface area contributed by atoms with Gasteiger partial charge in [-0.25, -0.2) is 0 Å². The van der Waals surface area contributed by atoms with Crippen LogP contribution in [-0.2, 0) is 9.53 Å². The van der Waals surface area contributed by atoms with Gasteiger partial charge in [-0.05, 0) is 24.3 Å². The maximum absolute atomic E-state index is 13.3. The van der Waals surface area contributed by atoms with Gasteiger partial charge in [0.05, 0.1) is 33.9 Å². The molecule has 1 fully saturated rings. The fourth-order valence-corrected chi connectivity index (χ4v) is 4.10. The first-order chi connectivity index (χ1) is 15.5. The Hall–Kier alpha value is -3.26. The van der Waals surface area contributed by atoms with E-state index >= 15 is 0 Å². The molecule has 1 aliphatic rings. The van der Waals surface area contributed by atoms with Gasteiger partial charge in [0.2, 0.25) is 5.91 Å². The Kier molecular flexibility index (Phi) is 7.94. The summed E-state index contributed by atoms with van der Waals surface area (Å²) in [6.45, 7) is 1.48. The number of hydrogen-bond donors (Lipinski definition) is 1. The van der Waals surface area contributed by atoms with Crippen molar-refractivity contribution >= 4 is 11.8 Å². The van der Waals surface area contributed by atoms with Crippen LogP contribution in [-0.4, -0.2) is 71.4 Å². The molecule has 1 N–H and O–H groups in total. The van der Waals surface area contributed by atoms with Gasteiger partial charge < -0.3 is 29.2 Å². The molecule has 2 aromatic rings. The molecule has 172 valence electrons. The second-order valence-electron chi connectivity index (χ2n) is 7.52. The van der Waals surface area contributed by atoms with E-state index in [0.29, 0.717) is 49.1 Å². The summed E-state index contributed by atoms with van der Waals surface area (Å²) in [6.07, 6.45) is 0. The van der Waals surface area contributed by atoms with E-state index in [2.05, 4.69) is 5.32 Å². The molecule has 1 heterocycles. The van der Waals surface area contributed by atoms with Crippen LogP contribution in [0.25, 0.3) is 0 Å². The molecule has 2 amide bonds. The van der Waals surface area contributed by atoms with E-state index in [1.807, 2.05) is 18.2 Å². The normalized spacial score (nSPS) is 17.7. The average Bonchev–Trinajstić information content (AvgIpc) is 3.28. The van der Waals surface area contributed by atoms with Crippen molar-refractivity contribution in [2.45, 2.75) is 5.92 Å². The van der Waals surface area contributed by atoms with Gasteiger partial charge in [-0.2, -0.15) is 0 Å². The summed E-state index contributed by atoms with van der Waals surface area (Å²) in [7, 11) is 6.29. The van der Waals surface area contributed by atoms with E-state index in [1.54, 1.807) is 57.6 Å². The first-order valence-electron chi connectivity index (χ1n) is 10.4. The number of methoxy groups -OCH3 is 4. The van der Waals surface area contributed by atoms with Crippen LogP contribution in [0.15, 0.2) is 42.5 Å². The van der Waals surface area contributed by atoms with E-state index in [-0.39, 0.29) is 17.7 Å². The molecule has 0 bridgehead atoms. The van der Waals surface area contributed by atoms with E-state index in [9.17, 15) is 9.59 Å². The minimum absolute atomic E-state index is 0.127. The lowest BCUT2D eigenvalue weighted by Crippen LogP contribution is -2.37. The number of rotatable bonds is 9. The number of ether oxygens (including phenoxy) is 4. The monoisotopic (exact) mass is 442 g/mol. The highest BCUT2D eigenvalue weighted by Crippen LogP contribution is 2.42. The van der Waals surface area contributed by atoms with Gasteiger partial charge in [0.25, 0.3) is 5.91 Å².